The zero-order chi connectivity index (χ0) is 12.3. The predicted molar refractivity (Wildman–Crippen MR) is 63.6 cm³/mol. The molecule has 17 heavy (non-hydrogen) atoms. The number of hydrogen-bond donors (Lipinski definition) is 2. The maximum atomic E-state index is 12.0. The predicted octanol–water partition coefficient (Wildman–Crippen LogP) is 0.918. The Bertz CT molecular complexity index is 388. The molecule has 92 valence electrons. The molecule has 2 N–H and O–H groups in total. The van der Waals surface area contributed by atoms with Gasteiger partial charge >= 0.3 is 0 Å². The molecule has 0 bridgehead atoms. The number of amides is 1. The lowest BCUT2D eigenvalue weighted by Crippen LogP contribution is -2.42. The van der Waals surface area contributed by atoms with Gasteiger partial charge in [0.1, 0.15) is 5.75 Å². The van der Waals surface area contributed by atoms with Gasteiger partial charge in [-0.1, -0.05) is 12.1 Å². The number of rotatable bonds is 2. The van der Waals surface area contributed by atoms with E-state index in [1.165, 1.54) is 0 Å². The third-order valence-corrected chi connectivity index (χ3v) is 3.04. The third-order valence-electron chi connectivity index (χ3n) is 3.04. The van der Waals surface area contributed by atoms with Crippen LogP contribution in [0, 0.1) is 0 Å². The molecule has 1 atom stereocenters. The van der Waals surface area contributed by atoms with Crippen LogP contribution in [0.4, 0.5) is 0 Å². The number of aliphatic hydroxyl groups excluding tert-OH is 1. The Morgan fingerprint density at radius 2 is 2.06 bits per heavy atom. The summed E-state index contributed by atoms with van der Waals surface area (Å²) in [5, 5.41) is 18.6. The minimum atomic E-state index is -0.382. The SMILES string of the molecule is O=C(Cc1ccc(O)cc1)N1CCCC(O)C1. The van der Waals surface area contributed by atoms with Crippen molar-refractivity contribution < 1.29 is 15.0 Å². The van der Waals surface area contributed by atoms with Crippen LogP contribution >= 0.6 is 0 Å². The molecule has 0 saturated carbocycles. The first-order valence-corrected chi connectivity index (χ1v) is 5.89. The molecule has 1 saturated heterocycles. The molecule has 1 unspecified atom stereocenters. The van der Waals surface area contributed by atoms with Crippen LogP contribution in [-0.4, -0.2) is 40.2 Å². The van der Waals surface area contributed by atoms with E-state index in [-0.39, 0.29) is 17.8 Å². The van der Waals surface area contributed by atoms with Crippen molar-refractivity contribution in [3.05, 3.63) is 29.8 Å². The fourth-order valence-electron chi connectivity index (χ4n) is 2.08. The number of carbonyl (C=O) groups is 1. The van der Waals surface area contributed by atoms with Crippen molar-refractivity contribution in [2.24, 2.45) is 0 Å². The van der Waals surface area contributed by atoms with Gasteiger partial charge in [0, 0.05) is 13.1 Å². The van der Waals surface area contributed by atoms with Crippen molar-refractivity contribution in [3.63, 3.8) is 0 Å². The van der Waals surface area contributed by atoms with E-state index in [9.17, 15) is 9.90 Å². The first-order chi connectivity index (χ1) is 8.15. The van der Waals surface area contributed by atoms with Crippen LogP contribution in [0.5, 0.6) is 5.75 Å². The van der Waals surface area contributed by atoms with E-state index in [1.54, 1.807) is 29.2 Å². The molecule has 4 heteroatoms. The van der Waals surface area contributed by atoms with E-state index in [4.69, 9.17) is 5.11 Å². The highest BCUT2D eigenvalue weighted by Crippen LogP contribution is 2.14. The molecule has 1 aromatic carbocycles. The normalized spacial score (nSPS) is 20.3. The summed E-state index contributed by atoms with van der Waals surface area (Å²) in [7, 11) is 0. The standard InChI is InChI=1S/C13H17NO3/c15-11-5-3-10(4-6-11)8-13(17)14-7-1-2-12(16)9-14/h3-6,12,15-16H,1-2,7-9H2. The van der Waals surface area contributed by atoms with E-state index in [0.29, 0.717) is 13.0 Å². The number of nitrogens with zero attached hydrogens (tertiary/aromatic N) is 1. The highest BCUT2D eigenvalue weighted by Gasteiger charge is 2.21. The highest BCUT2D eigenvalue weighted by molar-refractivity contribution is 5.78. The van der Waals surface area contributed by atoms with Gasteiger partial charge in [-0.05, 0) is 30.5 Å². The molecule has 1 fully saturated rings. The van der Waals surface area contributed by atoms with E-state index in [2.05, 4.69) is 0 Å². The van der Waals surface area contributed by atoms with Crippen LogP contribution in [0.2, 0.25) is 0 Å². The minimum absolute atomic E-state index is 0.0365. The summed E-state index contributed by atoms with van der Waals surface area (Å²) in [6, 6.07) is 6.64. The fraction of sp³-hybridized carbons (Fsp3) is 0.462. The smallest absolute Gasteiger partial charge is 0.227 e. The minimum Gasteiger partial charge on any atom is -0.508 e. The summed E-state index contributed by atoms with van der Waals surface area (Å²) >= 11 is 0. The summed E-state index contributed by atoms with van der Waals surface area (Å²) in [5.41, 5.74) is 0.882. The summed E-state index contributed by atoms with van der Waals surface area (Å²) in [6.07, 6.45) is 1.59. The van der Waals surface area contributed by atoms with Gasteiger partial charge in [-0.15, -0.1) is 0 Å². The number of aliphatic hydroxyl groups is 1. The number of carbonyl (C=O) groups excluding carboxylic acids is 1. The van der Waals surface area contributed by atoms with Crippen LogP contribution in [0.15, 0.2) is 24.3 Å². The quantitative estimate of drug-likeness (QED) is 0.801. The van der Waals surface area contributed by atoms with E-state index >= 15 is 0 Å². The number of phenolic OH excluding ortho intramolecular Hbond substituents is 1. The van der Waals surface area contributed by atoms with E-state index in [1.807, 2.05) is 0 Å². The van der Waals surface area contributed by atoms with E-state index < -0.39 is 0 Å². The molecule has 2 rings (SSSR count). The van der Waals surface area contributed by atoms with Crippen LogP contribution in [0.25, 0.3) is 0 Å². The Labute approximate surface area is 100 Å². The topological polar surface area (TPSA) is 60.8 Å². The number of phenols is 1. The molecule has 1 aliphatic heterocycles. The average Bonchev–Trinajstić information content (AvgIpc) is 2.32. The number of piperidine rings is 1. The van der Waals surface area contributed by atoms with Gasteiger partial charge in [0.2, 0.25) is 5.91 Å². The highest BCUT2D eigenvalue weighted by atomic mass is 16.3. The second-order valence-corrected chi connectivity index (χ2v) is 4.48. The van der Waals surface area contributed by atoms with Crippen molar-refractivity contribution in [2.45, 2.75) is 25.4 Å². The van der Waals surface area contributed by atoms with Crippen LogP contribution < -0.4 is 0 Å². The molecule has 0 spiro atoms. The molecule has 0 aromatic heterocycles. The Hall–Kier alpha value is -1.55. The number of β-amino-alcohol motifs (C(OH)–C–C–N with tert-alkyl or cyclic N) is 1. The lowest BCUT2D eigenvalue weighted by Gasteiger charge is -2.30. The van der Waals surface area contributed by atoms with Crippen molar-refractivity contribution in [1.29, 1.82) is 0 Å². The van der Waals surface area contributed by atoms with Gasteiger partial charge in [0.25, 0.3) is 0 Å². The van der Waals surface area contributed by atoms with Gasteiger partial charge in [-0.3, -0.25) is 4.79 Å². The molecule has 1 heterocycles. The first-order valence-electron chi connectivity index (χ1n) is 5.89. The van der Waals surface area contributed by atoms with E-state index in [0.717, 1.165) is 24.9 Å². The summed E-state index contributed by atoms with van der Waals surface area (Å²) in [5.74, 6) is 0.240. The largest absolute Gasteiger partial charge is 0.508 e. The van der Waals surface area contributed by atoms with Gasteiger partial charge in [0.15, 0.2) is 0 Å². The monoisotopic (exact) mass is 235 g/mol. The van der Waals surface area contributed by atoms with Crippen molar-refractivity contribution in [3.8, 4) is 5.75 Å². The lowest BCUT2D eigenvalue weighted by molar-refractivity contribution is -0.133. The van der Waals surface area contributed by atoms with Gasteiger partial charge < -0.3 is 15.1 Å². The van der Waals surface area contributed by atoms with Crippen LogP contribution in [0.1, 0.15) is 18.4 Å². The average molecular weight is 235 g/mol. The molecule has 1 aliphatic rings. The number of hydrogen-bond acceptors (Lipinski definition) is 3. The zero-order valence-corrected chi connectivity index (χ0v) is 9.67. The van der Waals surface area contributed by atoms with Crippen LogP contribution in [0.3, 0.4) is 0 Å². The third kappa shape index (κ3) is 3.20. The van der Waals surface area contributed by atoms with Crippen molar-refractivity contribution in [1.82, 2.24) is 4.90 Å². The van der Waals surface area contributed by atoms with Gasteiger partial charge in [0.05, 0.1) is 12.5 Å². The molecular weight excluding hydrogens is 218 g/mol. The number of benzene rings is 1. The second-order valence-electron chi connectivity index (χ2n) is 4.48. The summed E-state index contributed by atoms with van der Waals surface area (Å²) in [4.78, 5) is 13.7. The number of aromatic hydroxyl groups is 1. The van der Waals surface area contributed by atoms with Crippen molar-refractivity contribution >= 4 is 5.91 Å². The molecule has 1 aromatic rings. The number of likely N-dealkylation sites (tertiary alicyclic amines) is 1. The Morgan fingerprint density at radius 1 is 1.35 bits per heavy atom. The maximum Gasteiger partial charge on any atom is 0.227 e. The van der Waals surface area contributed by atoms with Crippen LogP contribution in [-0.2, 0) is 11.2 Å². The maximum absolute atomic E-state index is 12.0. The van der Waals surface area contributed by atoms with Crippen molar-refractivity contribution in [2.75, 3.05) is 13.1 Å². The summed E-state index contributed by atoms with van der Waals surface area (Å²) in [6.45, 7) is 1.17. The summed E-state index contributed by atoms with van der Waals surface area (Å²) < 4.78 is 0. The zero-order valence-electron chi connectivity index (χ0n) is 9.67. The van der Waals surface area contributed by atoms with Gasteiger partial charge in [-0.2, -0.15) is 0 Å². The second kappa shape index (κ2) is 5.19. The van der Waals surface area contributed by atoms with Gasteiger partial charge in [-0.25, -0.2) is 0 Å². The molecular formula is C13H17NO3. The first kappa shape index (κ1) is 11.9. The fourth-order valence-corrected chi connectivity index (χ4v) is 2.08. The Kier molecular flexibility index (Phi) is 3.64. The Morgan fingerprint density at radius 3 is 2.71 bits per heavy atom. The molecule has 4 nitrogen and oxygen atoms in total. The molecule has 0 aliphatic carbocycles. The Balaban J connectivity index is 1.94. The lowest BCUT2D eigenvalue weighted by atomic mass is 10.1. The molecule has 1 amide bonds. The molecule has 0 radical (unpaired) electrons.